The number of amides is 6. The molecule has 0 spiro atoms. The highest BCUT2D eigenvalue weighted by Gasteiger charge is 2.32. The lowest BCUT2D eigenvalue weighted by Crippen LogP contribution is -2.53. The van der Waals surface area contributed by atoms with Crippen molar-refractivity contribution in [3.05, 3.63) is 24.3 Å². The molecule has 0 saturated carbocycles. The zero-order chi connectivity index (χ0) is 42.2. The largest absolute Gasteiger partial charge is 0.493 e. The quantitative estimate of drug-likeness (QED) is 0.0511. The van der Waals surface area contributed by atoms with Gasteiger partial charge in [-0.15, -0.1) is 0 Å². The van der Waals surface area contributed by atoms with Gasteiger partial charge in [-0.05, 0) is 49.7 Å². The molecule has 6 atom stereocenters. The van der Waals surface area contributed by atoms with Crippen molar-refractivity contribution in [1.29, 1.82) is 0 Å². The second kappa shape index (κ2) is 26.4. The minimum absolute atomic E-state index is 0.000824. The lowest BCUT2D eigenvalue weighted by molar-refractivity contribution is -0.147. The van der Waals surface area contributed by atoms with Crippen LogP contribution in [-0.4, -0.2) is 99.0 Å². The van der Waals surface area contributed by atoms with Gasteiger partial charge in [-0.3, -0.25) is 28.8 Å². The van der Waals surface area contributed by atoms with Gasteiger partial charge in [0.05, 0.1) is 27.4 Å². The van der Waals surface area contributed by atoms with E-state index in [1.807, 2.05) is 13.8 Å². The van der Waals surface area contributed by atoms with E-state index in [4.69, 9.17) is 30.4 Å². The molecule has 18 heteroatoms. The Kier molecular flexibility index (Phi) is 22.9. The van der Waals surface area contributed by atoms with Crippen LogP contribution in [0.2, 0.25) is 0 Å². The average Bonchev–Trinajstić information content (AvgIpc) is 3.17. The first kappa shape index (κ1) is 48.6. The molecule has 0 aliphatic rings. The number of benzene rings is 1. The fourth-order valence-corrected chi connectivity index (χ4v) is 5.24. The number of ether oxygens (including phenoxy) is 4. The van der Waals surface area contributed by atoms with Crippen molar-refractivity contribution in [3.63, 3.8) is 0 Å². The first-order chi connectivity index (χ1) is 26.6. The number of primary amides is 2. The molecule has 1 rings (SSSR count). The summed E-state index contributed by atoms with van der Waals surface area (Å²) in [5.74, 6) is -4.29. The molecule has 314 valence electrons. The number of carbonyl (C=O) groups is 8. The second-order valence-corrected chi connectivity index (χ2v) is 13.4. The molecule has 8 N–H and O–H groups in total. The Morgan fingerprint density at radius 1 is 0.607 bits per heavy atom. The van der Waals surface area contributed by atoms with Gasteiger partial charge >= 0.3 is 11.9 Å². The van der Waals surface area contributed by atoms with Gasteiger partial charge in [0.1, 0.15) is 35.7 Å². The summed E-state index contributed by atoms with van der Waals surface area (Å²) in [5, 5.41) is 10.5. The normalized spacial score (nSPS) is 14.0. The molecule has 0 saturated heterocycles. The van der Waals surface area contributed by atoms with E-state index in [1.165, 1.54) is 14.2 Å². The summed E-state index contributed by atoms with van der Waals surface area (Å²) < 4.78 is 21.1. The highest BCUT2D eigenvalue weighted by Crippen LogP contribution is 2.20. The molecule has 0 aliphatic heterocycles. The van der Waals surface area contributed by atoms with Crippen LogP contribution in [0.25, 0.3) is 0 Å². The van der Waals surface area contributed by atoms with Crippen molar-refractivity contribution in [3.8, 4) is 11.5 Å². The molecule has 56 heavy (non-hydrogen) atoms. The van der Waals surface area contributed by atoms with E-state index in [2.05, 4.69) is 21.3 Å². The van der Waals surface area contributed by atoms with E-state index >= 15 is 0 Å². The standard InChI is InChI=1S/C38H60N6O12/c1-7-23(3)33(37(51)53-5)43-35(49)27(16-18-29(39)45)41-31(47)14-10-20-55-25-12-9-13-26(22-25)56-21-11-15-32(48)42-28(17-19-30(40)46)36(50)44-34(24(4)8-2)38(52)54-6/h9,12-13,22-24,27-28,33-34H,7-8,10-11,14-21H2,1-6H3,(H2,39,45)(H2,40,46)(H,41,47)(H,42,48)(H,43,49)(H,44,50)/t23-,24-,27?,28?,33-,34-/m0/s1. The highest BCUT2D eigenvalue weighted by molar-refractivity contribution is 5.92. The third-order valence-corrected chi connectivity index (χ3v) is 9.03. The number of esters is 2. The maximum atomic E-state index is 13.0. The second-order valence-electron chi connectivity index (χ2n) is 13.4. The van der Waals surface area contributed by atoms with Crippen LogP contribution >= 0.6 is 0 Å². The van der Waals surface area contributed by atoms with E-state index in [0.717, 1.165) is 0 Å². The van der Waals surface area contributed by atoms with Crippen molar-refractivity contribution in [2.75, 3.05) is 27.4 Å². The van der Waals surface area contributed by atoms with Crippen LogP contribution in [0.4, 0.5) is 0 Å². The molecule has 2 unspecified atom stereocenters. The fraction of sp³-hybridized carbons (Fsp3) is 0.632. The molecule has 1 aromatic carbocycles. The summed E-state index contributed by atoms with van der Waals surface area (Å²) in [6.45, 7) is 7.57. The fourth-order valence-electron chi connectivity index (χ4n) is 5.24. The van der Waals surface area contributed by atoms with Crippen molar-refractivity contribution in [1.82, 2.24) is 21.3 Å². The van der Waals surface area contributed by atoms with Crippen molar-refractivity contribution in [2.45, 2.75) is 116 Å². The number of rotatable bonds is 28. The van der Waals surface area contributed by atoms with Gasteiger partial charge in [0, 0.05) is 31.7 Å². The highest BCUT2D eigenvalue weighted by atomic mass is 16.5. The van der Waals surface area contributed by atoms with Crippen LogP contribution in [0.3, 0.4) is 0 Å². The predicted octanol–water partition coefficient (Wildman–Crippen LogP) is 0.913. The molecule has 0 aromatic heterocycles. The van der Waals surface area contributed by atoms with Crippen molar-refractivity contribution >= 4 is 47.4 Å². The van der Waals surface area contributed by atoms with Gasteiger partial charge in [-0.2, -0.15) is 0 Å². The molecule has 6 amide bonds. The Morgan fingerprint density at radius 3 is 1.30 bits per heavy atom. The molecule has 1 aromatic rings. The SMILES string of the molecule is CC[C@H](C)[C@H](NC(=O)C(CCC(N)=O)NC(=O)CCCOc1cccc(OCCCC(=O)NC(CCC(N)=O)C(=O)N[C@H](C(=O)OC)[C@@H](C)CC)c1)C(=O)OC. The van der Waals surface area contributed by atoms with Gasteiger partial charge in [0.15, 0.2) is 0 Å². The van der Waals surface area contributed by atoms with E-state index in [-0.39, 0.29) is 76.4 Å². The van der Waals surface area contributed by atoms with E-state index in [1.54, 1.807) is 38.1 Å². The molecular formula is C38H60N6O12. The third kappa shape index (κ3) is 18.8. The first-order valence-corrected chi connectivity index (χ1v) is 18.8. The van der Waals surface area contributed by atoms with Gasteiger partial charge in [0.2, 0.25) is 35.4 Å². The van der Waals surface area contributed by atoms with Gasteiger partial charge in [-0.1, -0.05) is 46.6 Å². The van der Waals surface area contributed by atoms with Crippen molar-refractivity contribution in [2.24, 2.45) is 23.3 Å². The molecule has 0 bridgehead atoms. The third-order valence-electron chi connectivity index (χ3n) is 9.03. The minimum atomic E-state index is -1.10. The minimum Gasteiger partial charge on any atom is -0.493 e. The van der Waals surface area contributed by atoms with Crippen LogP contribution in [0.1, 0.15) is 91.9 Å². The van der Waals surface area contributed by atoms with Gasteiger partial charge in [0.25, 0.3) is 0 Å². The molecule has 0 heterocycles. The van der Waals surface area contributed by atoms with Gasteiger partial charge < -0.3 is 51.7 Å². The topological polar surface area (TPSA) is 274 Å². The molecule has 0 radical (unpaired) electrons. The van der Waals surface area contributed by atoms with Crippen LogP contribution in [0.5, 0.6) is 11.5 Å². The Morgan fingerprint density at radius 2 is 0.982 bits per heavy atom. The lowest BCUT2D eigenvalue weighted by atomic mass is 9.98. The van der Waals surface area contributed by atoms with Gasteiger partial charge in [-0.25, -0.2) is 9.59 Å². The number of nitrogens with one attached hydrogen (secondary N) is 4. The Labute approximate surface area is 328 Å². The monoisotopic (exact) mass is 792 g/mol. The van der Waals surface area contributed by atoms with Crippen LogP contribution < -0.4 is 42.2 Å². The zero-order valence-electron chi connectivity index (χ0n) is 33.3. The predicted molar refractivity (Wildman–Crippen MR) is 203 cm³/mol. The maximum Gasteiger partial charge on any atom is 0.328 e. The van der Waals surface area contributed by atoms with Crippen LogP contribution in [-0.2, 0) is 47.8 Å². The number of carbonyl (C=O) groups excluding carboxylic acids is 8. The molecular weight excluding hydrogens is 732 g/mol. The van der Waals surface area contributed by atoms with Crippen LogP contribution in [0.15, 0.2) is 24.3 Å². The smallest absolute Gasteiger partial charge is 0.328 e. The Bertz CT molecular complexity index is 1370. The summed E-state index contributed by atoms with van der Waals surface area (Å²) >= 11 is 0. The molecule has 0 aliphatic carbocycles. The molecule has 0 fully saturated rings. The zero-order valence-corrected chi connectivity index (χ0v) is 33.3. The lowest BCUT2D eigenvalue weighted by Gasteiger charge is -2.25. The number of nitrogens with two attached hydrogens (primary N) is 2. The maximum absolute atomic E-state index is 13.0. The number of hydrogen-bond acceptors (Lipinski definition) is 12. The summed E-state index contributed by atoms with van der Waals surface area (Å²) in [6.07, 6.45) is 1.31. The Hall–Kier alpha value is -5.42. The van der Waals surface area contributed by atoms with E-state index in [9.17, 15) is 38.4 Å². The van der Waals surface area contributed by atoms with E-state index in [0.29, 0.717) is 24.3 Å². The van der Waals surface area contributed by atoms with E-state index < -0.39 is 71.5 Å². The summed E-state index contributed by atoms with van der Waals surface area (Å²) in [6, 6.07) is 2.67. The number of methoxy groups -OCH3 is 2. The Balaban J connectivity index is 2.65. The summed E-state index contributed by atoms with van der Waals surface area (Å²) in [5.41, 5.74) is 10.5. The molecule has 18 nitrogen and oxygen atoms in total. The average molecular weight is 793 g/mol. The number of hydrogen-bond donors (Lipinski definition) is 6. The summed E-state index contributed by atoms with van der Waals surface area (Å²) in [7, 11) is 2.43. The van der Waals surface area contributed by atoms with Crippen molar-refractivity contribution < 1.29 is 57.3 Å². The van der Waals surface area contributed by atoms with Crippen LogP contribution in [0, 0.1) is 11.8 Å². The first-order valence-electron chi connectivity index (χ1n) is 18.8. The summed E-state index contributed by atoms with van der Waals surface area (Å²) in [4.78, 5) is 98.8.